The van der Waals surface area contributed by atoms with Crippen LogP contribution in [0.25, 0.3) is 0 Å². The summed E-state index contributed by atoms with van der Waals surface area (Å²) in [5.41, 5.74) is 9.59. The van der Waals surface area contributed by atoms with E-state index in [1.54, 1.807) is 0 Å². The van der Waals surface area contributed by atoms with E-state index < -0.39 is 0 Å². The van der Waals surface area contributed by atoms with Gasteiger partial charge in [-0.05, 0) is 96.8 Å². The molecule has 1 aliphatic heterocycles. The van der Waals surface area contributed by atoms with Gasteiger partial charge in [-0.1, -0.05) is 57.2 Å². The van der Waals surface area contributed by atoms with Crippen molar-refractivity contribution in [1.29, 1.82) is 0 Å². The van der Waals surface area contributed by atoms with Crippen LogP contribution in [0.1, 0.15) is 60.2 Å². The van der Waals surface area contributed by atoms with E-state index in [4.69, 9.17) is 0 Å². The Kier molecular flexibility index (Phi) is 5.92. The van der Waals surface area contributed by atoms with E-state index >= 15 is 0 Å². The normalized spacial score (nSPS) is 16.2. The van der Waals surface area contributed by atoms with E-state index in [0.717, 1.165) is 28.1 Å². The Bertz CT molecular complexity index is 1190. The van der Waals surface area contributed by atoms with Crippen molar-refractivity contribution in [3.05, 3.63) is 106 Å². The van der Waals surface area contributed by atoms with Crippen molar-refractivity contribution >= 4 is 17.3 Å². The summed E-state index contributed by atoms with van der Waals surface area (Å²) in [6, 6.07) is 21.1. The number of hydrogen-bond acceptors (Lipinski definition) is 2. The third kappa shape index (κ3) is 4.88. The molecule has 1 amide bonds. The van der Waals surface area contributed by atoms with Crippen LogP contribution in [0.5, 0.6) is 0 Å². The maximum Gasteiger partial charge on any atom is 0.275 e. The van der Waals surface area contributed by atoms with Gasteiger partial charge in [-0.15, -0.1) is 0 Å². The predicted molar refractivity (Wildman–Crippen MR) is 139 cm³/mol. The van der Waals surface area contributed by atoms with Crippen molar-refractivity contribution in [3.63, 3.8) is 0 Å². The van der Waals surface area contributed by atoms with Crippen LogP contribution in [0.2, 0.25) is 0 Å². The minimum absolute atomic E-state index is 0.0101. The SMILES string of the molecule is Cc1cc(C)cc(NC2=C[C@H](c3ccc(C(C)(C)C)cc3)N(c3cc(C)cc(C)c3)C2=O)c1. The van der Waals surface area contributed by atoms with Crippen molar-refractivity contribution < 1.29 is 4.79 Å². The van der Waals surface area contributed by atoms with Crippen molar-refractivity contribution in [3.8, 4) is 0 Å². The highest BCUT2D eigenvalue weighted by Crippen LogP contribution is 2.37. The highest BCUT2D eigenvalue weighted by Gasteiger charge is 2.35. The van der Waals surface area contributed by atoms with Gasteiger partial charge in [0.2, 0.25) is 0 Å². The van der Waals surface area contributed by atoms with Crippen LogP contribution >= 0.6 is 0 Å². The summed E-state index contributed by atoms with van der Waals surface area (Å²) < 4.78 is 0. The topological polar surface area (TPSA) is 32.3 Å². The van der Waals surface area contributed by atoms with Gasteiger partial charge in [-0.25, -0.2) is 0 Å². The number of benzene rings is 3. The number of nitrogens with zero attached hydrogens (tertiary/aromatic N) is 1. The van der Waals surface area contributed by atoms with Gasteiger partial charge in [0.25, 0.3) is 5.91 Å². The molecule has 3 aromatic carbocycles. The number of carbonyl (C=O) groups excluding carboxylic acids is 1. The lowest BCUT2D eigenvalue weighted by molar-refractivity contribution is -0.114. The van der Waals surface area contributed by atoms with Crippen LogP contribution in [0.15, 0.2) is 72.4 Å². The summed E-state index contributed by atoms with van der Waals surface area (Å²) in [6.45, 7) is 14.9. The van der Waals surface area contributed by atoms with E-state index in [-0.39, 0.29) is 17.4 Å². The molecule has 1 aliphatic rings. The van der Waals surface area contributed by atoms with Crippen molar-refractivity contribution in [2.45, 2.75) is 59.9 Å². The standard InChI is InChI=1S/C30H34N2O/c1-19-12-20(2)15-25(14-19)31-27-18-28(23-8-10-24(11-9-23)30(5,6)7)32(29(27)33)26-16-21(3)13-22(4)17-26/h8-18,28,31H,1-7H3/t28-/m1/s1. The Hall–Kier alpha value is -3.33. The molecule has 0 radical (unpaired) electrons. The van der Waals surface area contributed by atoms with Crippen LogP contribution < -0.4 is 10.2 Å². The quantitative estimate of drug-likeness (QED) is 0.463. The first kappa shape index (κ1) is 22.8. The molecule has 0 aromatic heterocycles. The van der Waals surface area contributed by atoms with Gasteiger partial charge in [0.15, 0.2) is 0 Å². The van der Waals surface area contributed by atoms with E-state index in [2.05, 4.69) is 121 Å². The van der Waals surface area contributed by atoms with Gasteiger partial charge < -0.3 is 5.32 Å². The van der Waals surface area contributed by atoms with Gasteiger partial charge in [0.1, 0.15) is 5.70 Å². The molecule has 0 saturated heterocycles. The fourth-order valence-electron chi connectivity index (χ4n) is 4.65. The molecule has 0 unspecified atom stereocenters. The second kappa shape index (κ2) is 8.55. The number of amides is 1. The van der Waals surface area contributed by atoms with E-state index in [1.807, 2.05) is 4.90 Å². The zero-order valence-corrected chi connectivity index (χ0v) is 20.8. The monoisotopic (exact) mass is 438 g/mol. The number of anilines is 2. The molecule has 1 heterocycles. The number of hydrogen-bond donors (Lipinski definition) is 1. The van der Waals surface area contributed by atoms with Crippen LogP contribution in [-0.4, -0.2) is 5.91 Å². The molecule has 4 rings (SSSR count). The Morgan fingerprint density at radius 3 is 1.79 bits per heavy atom. The Morgan fingerprint density at radius 1 is 0.758 bits per heavy atom. The minimum atomic E-state index is -0.166. The molecule has 0 bridgehead atoms. The first-order chi connectivity index (χ1) is 15.5. The lowest BCUT2D eigenvalue weighted by atomic mass is 9.86. The van der Waals surface area contributed by atoms with Gasteiger partial charge in [-0.2, -0.15) is 0 Å². The Morgan fingerprint density at radius 2 is 1.27 bits per heavy atom. The molecule has 0 spiro atoms. The molecule has 3 nitrogen and oxygen atoms in total. The average molecular weight is 439 g/mol. The summed E-state index contributed by atoms with van der Waals surface area (Å²) in [7, 11) is 0. The predicted octanol–water partition coefficient (Wildman–Crippen LogP) is 7.30. The lowest BCUT2D eigenvalue weighted by Crippen LogP contribution is -2.31. The van der Waals surface area contributed by atoms with Gasteiger partial charge in [-0.3, -0.25) is 9.69 Å². The van der Waals surface area contributed by atoms with Crippen molar-refractivity contribution in [1.82, 2.24) is 0 Å². The highest BCUT2D eigenvalue weighted by atomic mass is 16.2. The van der Waals surface area contributed by atoms with Crippen LogP contribution in [0, 0.1) is 27.7 Å². The fraction of sp³-hybridized carbons (Fsp3) is 0.300. The zero-order valence-electron chi connectivity index (χ0n) is 20.8. The van der Waals surface area contributed by atoms with Gasteiger partial charge in [0, 0.05) is 11.4 Å². The molecule has 1 atom stereocenters. The number of rotatable bonds is 4. The van der Waals surface area contributed by atoms with Crippen LogP contribution in [0.4, 0.5) is 11.4 Å². The summed E-state index contributed by atoms with van der Waals surface area (Å²) in [6.07, 6.45) is 2.06. The van der Waals surface area contributed by atoms with Crippen molar-refractivity contribution in [2.24, 2.45) is 0 Å². The second-order valence-electron chi connectivity index (χ2n) is 10.4. The smallest absolute Gasteiger partial charge is 0.275 e. The molecule has 3 aromatic rings. The average Bonchev–Trinajstić information content (AvgIpc) is 3.02. The summed E-state index contributed by atoms with van der Waals surface area (Å²) in [5.74, 6) is -0.0101. The van der Waals surface area contributed by atoms with Crippen LogP contribution in [-0.2, 0) is 10.2 Å². The molecule has 170 valence electrons. The molecule has 0 aliphatic carbocycles. The third-order valence-electron chi connectivity index (χ3n) is 6.16. The lowest BCUT2D eigenvalue weighted by Gasteiger charge is -2.27. The summed E-state index contributed by atoms with van der Waals surface area (Å²) in [5, 5.41) is 3.41. The first-order valence-corrected chi connectivity index (χ1v) is 11.6. The summed E-state index contributed by atoms with van der Waals surface area (Å²) >= 11 is 0. The molecule has 3 heteroatoms. The number of carbonyl (C=O) groups is 1. The molecule has 0 fully saturated rings. The highest BCUT2D eigenvalue weighted by molar-refractivity contribution is 6.11. The maximum absolute atomic E-state index is 13.7. The minimum Gasteiger partial charge on any atom is -0.351 e. The zero-order chi connectivity index (χ0) is 23.9. The summed E-state index contributed by atoms with van der Waals surface area (Å²) in [4.78, 5) is 15.6. The van der Waals surface area contributed by atoms with E-state index in [0.29, 0.717) is 5.70 Å². The second-order valence-corrected chi connectivity index (χ2v) is 10.4. The molecular formula is C30H34N2O. The maximum atomic E-state index is 13.7. The van der Waals surface area contributed by atoms with E-state index in [1.165, 1.54) is 16.7 Å². The molecular weight excluding hydrogens is 404 g/mol. The number of aryl methyl sites for hydroxylation is 4. The Labute approximate surface area is 198 Å². The first-order valence-electron chi connectivity index (χ1n) is 11.6. The van der Waals surface area contributed by atoms with E-state index in [9.17, 15) is 4.79 Å². The Balaban J connectivity index is 1.76. The van der Waals surface area contributed by atoms with Crippen LogP contribution in [0.3, 0.4) is 0 Å². The van der Waals surface area contributed by atoms with Gasteiger partial charge in [0.05, 0.1) is 6.04 Å². The van der Waals surface area contributed by atoms with Crippen molar-refractivity contribution in [2.75, 3.05) is 10.2 Å². The molecule has 1 N–H and O–H groups in total. The van der Waals surface area contributed by atoms with Gasteiger partial charge >= 0.3 is 0 Å². The largest absolute Gasteiger partial charge is 0.351 e. The third-order valence-corrected chi connectivity index (χ3v) is 6.16. The molecule has 33 heavy (non-hydrogen) atoms. The fourth-order valence-corrected chi connectivity index (χ4v) is 4.65. The molecule has 0 saturated carbocycles. The number of nitrogens with one attached hydrogen (secondary N) is 1.